The maximum atomic E-state index is 12.1. The van der Waals surface area contributed by atoms with Crippen LogP contribution in [-0.2, 0) is 0 Å². The van der Waals surface area contributed by atoms with Crippen molar-refractivity contribution in [3.8, 4) is 23.1 Å². The van der Waals surface area contributed by atoms with Crippen LogP contribution >= 0.6 is 0 Å². The molecule has 0 atom stereocenters. The maximum Gasteiger partial charge on any atom is 0.336 e. The SMILES string of the molecule is CC(C)CCOc1ccc(-c2cc(C(=O)O)c(C(N)=O)c(=O)[nH]2)cc1C#N. The molecule has 0 aliphatic rings. The Kier molecular flexibility index (Phi) is 5.98. The number of primary amides is 1. The molecule has 0 saturated heterocycles. The van der Waals surface area contributed by atoms with Crippen LogP contribution in [0.15, 0.2) is 29.1 Å². The van der Waals surface area contributed by atoms with Crippen LogP contribution in [0.2, 0.25) is 0 Å². The van der Waals surface area contributed by atoms with Crippen LogP contribution in [0.5, 0.6) is 5.75 Å². The van der Waals surface area contributed by atoms with E-state index in [0.29, 0.717) is 23.8 Å². The maximum absolute atomic E-state index is 12.1. The second kappa shape index (κ2) is 8.19. The van der Waals surface area contributed by atoms with Gasteiger partial charge < -0.3 is 20.6 Å². The highest BCUT2D eigenvalue weighted by Gasteiger charge is 2.20. The second-order valence-corrected chi connectivity index (χ2v) is 6.32. The van der Waals surface area contributed by atoms with Gasteiger partial charge in [-0.1, -0.05) is 13.8 Å². The average Bonchev–Trinajstić information content (AvgIpc) is 2.60. The van der Waals surface area contributed by atoms with E-state index in [1.54, 1.807) is 12.1 Å². The smallest absolute Gasteiger partial charge is 0.336 e. The summed E-state index contributed by atoms with van der Waals surface area (Å²) >= 11 is 0. The van der Waals surface area contributed by atoms with Crippen LogP contribution in [-0.4, -0.2) is 28.6 Å². The lowest BCUT2D eigenvalue weighted by Gasteiger charge is -2.11. The van der Waals surface area contributed by atoms with Gasteiger partial charge in [0.05, 0.1) is 17.7 Å². The molecule has 1 amide bonds. The summed E-state index contributed by atoms with van der Waals surface area (Å²) in [4.78, 5) is 37.3. The first-order valence-electron chi connectivity index (χ1n) is 8.22. The van der Waals surface area contributed by atoms with E-state index in [1.807, 2.05) is 6.07 Å². The number of pyridine rings is 1. The van der Waals surface area contributed by atoms with Crippen molar-refractivity contribution in [3.63, 3.8) is 0 Å². The van der Waals surface area contributed by atoms with Crippen molar-refractivity contribution in [2.75, 3.05) is 6.61 Å². The molecule has 1 aromatic heterocycles. The van der Waals surface area contributed by atoms with Gasteiger partial charge in [-0.2, -0.15) is 5.26 Å². The molecule has 140 valence electrons. The summed E-state index contributed by atoms with van der Waals surface area (Å²) < 4.78 is 5.62. The zero-order chi connectivity index (χ0) is 20.1. The monoisotopic (exact) mass is 369 g/mol. The Morgan fingerprint density at radius 1 is 1.33 bits per heavy atom. The van der Waals surface area contributed by atoms with Gasteiger partial charge in [-0.25, -0.2) is 4.79 Å². The normalized spacial score (nSPS) is 10.4. The van der Waals surface area contributed by atoms with E-state index in [0.717, 1.165) is 12.5 Å². The van der Waals surface area contributed by atoms with E-state index in [4.69, 9.17) is 10.5 Å². The van der Waals surface area contributed by atoms with Gasteiger partial charge in [-0.15, -0.1) is 0 Å². The number of hydrogen-bond donors (Lipinski definition) is 3. The first kappa shape index (κ1) is 19.7. The number of nitriles is 1. The number of aromatic nitrogens is 1. The number of rotatable bonds is 7. The third-order valence-electron chi connectivity index (χ3n) is 3.87. The van der Waals surface area contributed by atoms with Crippen molar-refractivity contribution in [2.24, 2.45) is 11.7 Å². The standard InChI is InChI=1S/C19H19N3O5/c1-10(2)5-6-27-15-4-3-11(7-12(15)9-20)14-8-13(19(25)26)16(17(21)23)18(24)22-14/h3-4,7-8,10H,5-6H2,1-2H3,(H2,21,23)(H,22,24)(H,25,26). The third-order valence-corrected chi connectivity index (χ3v) is 3.87. The predicted octanol–water partition coefficient (Wildman–Crippen LogP) is 2.14. The lowest BCUT2D eigenvalue weighted by molar-refractivity contribution is 0.0691. The number of carboxylic acid groups (broad SMARTS) is 1. The Bertz CT molecular complexity index is 986. The first-order valence-corrected chi connectivity index (χ1v) is 8.22. The number of carboxylic acids is 1. The number of benzene rings is 1. The fourth-order valence-corrected chi connectivity index (χ4v) is 2.44. The van der Waals surface area contributed by atoms with Crippen molar-refractivity contribution in [1.29, 1.82) is 5.26 Å². The van der Waals surface area contributed by atoms with Crippen molar-refractivity contribution in [1.82, 2.24) is 4.98 Å². The van der Waals surface area contributed by atoms with Gasteiger partial charge in [0.1, 0.15) is 17.4 Å². The van der Waals surface area contributed by atoms with Crippen LogP contribution < -0.4 is 16.0 Å². The van der Waals surface area contributed by atoms with E-state index in [2.05, 4.69) is 18.8 Å². The summed E-state index contributed by atoms with van der Waals surface area (Å²) in [7, 11) is 0. The van der Waals surface area contributed by atoms with Crippen molar-refractivity contribution < 1.29 is 19.4 Å². The number of carbonyl (C=O) groups is 2. The number of nitrogens with two attached hydrogens (primary N) is 1. The molecule has 0 saturated carbocycles. The number of hydrogen-bond acceptors (Lipinski definition) is 5. The summed E-state index contributed by atoms with van der Waals surface area (Å²) in [5.74, 6) is -1.73. The number of aromatic carboxylic acids is 1. The van der Waals surface area contributed by atoms with Crippen LogP contribution in [0.25, 0.3) is 11.3 Å². The molecule has 8 nitrogen and oxygen atoms in total. The number of nitrogens with one attached hydrogen (secondary N) is 1. The Balaban J connectivity index is 2.47. The van der Waals surface area contributed by atoms with Gasteiger partial charge in [0, 0.05) is 5.69 Å². The summed E-state index contributed by atoms with van der Waals surface area (Å²) in [6.45, 7) is 4.58. The fourth-order valence-electron chi connectivity index (χ4n) is 2.44. The highest BCUT2D eigenvalue weighted by atomic mass is 16.5. The lowest BCUT2D eigenvalue weighted by atomic mass is 10.0. The Morgan fingerprint density at radius 2 is 2.04 bits per heavy atom. The minimum Gasteiger partial charge on any atom is -0.492 e. The number of aromatic amines is 1. The minimum absolute atomic E-state index is 0.146. The number of carbonyl (C=O) groups excluding carboxylic acids is 1. The van der Waals surface area contributed by atoms with Crippen molar-refractivity contribution in [2.45, 2.75) is 20.3 Å². The molecule has 2 aromatic rings. The number of ether oxygens (including phenoxy) is 1. The largest absolute Gasteiger partial charge is 0.492 e. The predicted molar refractivity (Wildman–Crippen MR) is 97.6 cm³/mol. The molecule has 4 N–H and O–H groups in total. The van der Waals surface area contributed by atoms with Crippen LogP contribution in [0.3, 0.4) is 0 Å². The van der Waals surface area contributed by atoms with Gasteiger partial charge in [-0.3, -0.25) is 9.59 Å². The highest BCUT2D eigenvalue weighted by Crippen LogP contribution is 2.26. The van der Waals surface area contributed by atoms with E-state index in [1.165, 1.54) is 6.07 Å². The molecule has 1 heterocycles. The molecule has 0 unspecified atom stereocenters. The molecule has 2 rings (SSSR count). The van der Waals surface area contributed by atoms with Gasteiger partial charge in [0.2, 0.25) is 0 Å². The molecule has 0 radical (unpaired) electrons. The zero-order valence-electron chi connectivity index (χ0n) is 14.9. The van der Waals surface area contributed by atoms with Gasteiger partial charge in [-0.05, 0) is 42.2 Å². The molecule has 0 aliphatic carbocycles. The topological polar surface area (TPSA) is 146 Å². The molecular formula is C19H19N3O5. The highest BCUT2D eigenvalue weighted by molar-refractivity contribution is 6.04. The average molecular weight is 369 g/mol. The van der Waals surface area contributed by atoms with Gasteiger partial charge in [0.25, 0.3) is 11.5 Å². The van der Waals surface area contributed by atoms with Crippen LogP contribution in [0, 0.1) is 17.2 Å². The number of amides is 1. The number of nitrogens with zero attached hydrogens (tertiary/aromatic N) is 1. The van der Waals surface area contributed by atoms with Crippen LogP contribution in [0.4, 0.5) is 0 Å². The van der Waals surface area contributed by atoms with E-state index in [-0.39, 0.29) is 11.3 Å². The fraction of sp³-hybridized carbons (Fsp3) is 0.263. The zero-order valence-corrected chi connectivity index (χ0v) is 14.9. The molecule has 0 fully saturated rings. The minimum atomic E-state index is -1.45. The summed E-state index contributed by atoms with van der Waals surface area (Å²) in [5.41, 5.74) is 3.85. The van der Waals surface area contributed by atoms with Gasteiger partial charge >= 0.3 is 5.97 Å². The van der Waals surface area contributed by atoms with Gasteiger partial charge in [0.15, 0.2) is 0 Å². The third kappa shape index (κ3) is 4.52. The lowest BCUT2D eigenvalue weighted by Crippen LogP contribution is -2.27. The molecule has 0 bridgehead atoms. The van der Waals surface area contributed by atoms with Crippen molar-refractivity contribution >= 4 is 11.9 Å². The summed E-state index contributed by atoms with van der Waals surface area (Å²) in [6.07, 6.45) is 0.830. The Morgan fingerprint density at radius 3 is 2.59 bits per heavy atom. The molecular weight excluding hydrogens is 350 g/mol. The van der Waals surface area contributed by atoms with E-state index >= 15 is 0 Å². The first-order chi connectivity index (χ1) is 12.7. The van der Waals surface area contributed by atoms with E-state index in [9.17, 15) is 24.8 Å². The quantitative estimate of drug-likeness (QED) is 0.681. The second-order valence-electron chi connectivity index (χ2n) is 6.32. The Hall–Kier alpha value is -3.60. The number of H-pyrrole nitrogens is 1. The van der Waals surface area contributed by atoms with E-state index < -0.39 is 28.6 Å². The molecule has 8 heteroatoms. The molecule has 0 spiro atoms. The van der Waals surface area contributed by atoms with Crippen molar-refractivity contribution in [3.05, 3.63) is 51.3 Å². The molecule has 0 aliphatic heterocycles. The van der Waals surface area contributed by atoms with Crippen LogP contribution in [0.1, 0.15) is 46.5 Å². The Labute approximate surface area is 155 Å². The molecule has 1 aromatic carbocycles. The summed E-state index contributed by atoms with van der Waals surface area (Å²) in [5, 5.41) is 18.6. The molecule has 27 heavy (non-hydrogen) atoms. The summed E-state index contributed by atoms with van der Waals surface area (Å²) in [6, 6.07) is 7.80.